The van der Waals surface area contributed by atoms with E-state index in [4.69, 9.17) is 0 Å². The molecular formula is C22H19F2N5O2S2. The number of thioether (sulfide) groups is 1. The van der Waals surface area contributed by atoms with E-state index < -0.39 is 6.61 Å². The Morgan fingerprint density at radius 3 is 2.58 bits per heavy atom. The highest BCUT2D eigenvalue weighted by molar-refractivity contribution is 7.99. The monoisotopic (exact) mass is 487 g/mol. The van der Waals surface area contributed by atoms with Crippen LogP contribution in [-0.4, -0.2) is 38.0 Å². The van der Waals surface area contributed by atoms with E-state index in [2.05, 4.69) is 25.2 Å². The first-order valence-electron chi connectivity index (χ1n) is 9.81. The number of amides is 1. The van der Waals surface area contributed by atoms with Crippen LogP contribution in [0.15, 0.2) is 60.0 Å². The number of rotatable bonds is 8. The Morgan fingerprint density at radius 2 is 1.88 bits per heavy atom. The van der Waals surface area contributed by atoms with Crippen molar-refractivity contribution in [3.05, 3.63) is 65.3 Å². The number of nitrogens with one attached hydrogen (secondary N) is 1. The van der Waals surface area contributed by atoms with Crippen LogP contribution < -0.4 is 10.1 Å². The normalized spacial score (nSPS) is 11.1. The zero-order valence-electron chi connectivity index (χ0n) is 17.7. The van der Waals surface area contributed by atoms with Gasteiger partial charge in [-0.3, -0.25) is 9.36 Å². The molecule has 11 heteroatoms. The van der Waals surface area contributed by atoms with E-state index in [1.165, 1.54) is 35.2 Å². The number of aryl methyl sites for hydroxylation is 2. The van der Waals surface area contributed by atoms with Gasteiger partial charge in [0.05, 0.1) is 11.4 Å². The van der Waals surface area contributed by atoms with E-state index in [9.17, 15) is 13.6 Å². The highest BCUT2D eigenvalue weighted by Crippen LogP contribution is 2.32. The van der Waals surface area contributed by atoms with Gasteiger partial charge in [0, 0.05) is 16.1 Å². The third-order valence-electron chi connectivity index (χ3n) is 4.56. The van der Waals surface area contributed by atoms with E-state index in [1.807, 2.05) is 42.7 Å². The molecule has 0 bridgehead atoms. The van der Waals surface area contributed by atoms with Gasteiger partial charge in [-0.2, -0.15) is 8.78 Å². The van der Waals surface area contributed by atoms with Gasteiger partial charge in [-0.15, -0.1) is 21.5 Å². The van der Waals surface area contributed by atoms with E-state index in [0.29, 0.717) is 16.0 Å². The molecule has 1 amide bonds. The Hall–Kier alpha value is -3.31. The summed E-state index contributed by atoms with van der Waals surface area (Å²) in [5.74, 6) is -0.0110. The summed E-state index contributed by atoms with van der Waals surface area (Å²) in [6, 6.07) is 14.2. The van der Waals surface area contributed by atoms with Crippen molar-refractivity contribution in [2.75, 3.05) is 11.1 Å². The van der Waals surface area contributed by atoms with Crippen LogP contribution in [0.2, 0.25) is 0 Å². The maximum absolute atomic E-state index is 12.5. The van der Waals surface area contributed by atoms with Crippen LogP contribution in [0.4, 0.5) is 13.9 Å². The lowest BCUT2D eigenvalue weighted by Gasteiger charge is -2.06. The summed E-state index contributed by atoms with van der Waals surface area (Å²) in [4.78, 5) is 17.9. The number of hydrogen-bond acceptors (Lipinski definition) is 7. The molecule has 0 aliphatic rings. The molecule has 0 spiro atoms. The summed E-state index contributed by atoms with van der Waals surface area (Å²) in [5, 5.41) is 11.9. The van der Waals surface area contributed by atoms with Gasteiger partial charge in [0.25, 0.3) is 0 Å². The van der Waals surface area contributed by atoms with Crippen molar-refractivity contribution < 1.29 is 18.3 Å². The van der Waals surface area contributed by atoms with Crippen molar-refractivity contribution in [2.24, 2.45) is 0 Å². The lowest BCUT2D eigenvalue weighted by Crippen LogP contribution is -2.14. The first-order chi connectivity index (χ1) is 15.9. The lowest BCUT2D eigenvalue weighted by molar-refractivity contribution is -0.113. The standard InChI is InChI=1S/C22H19F2N5O2S2/c1-13-3-7-16(8-4-13)29-12-25-28-22(29)32-11-18(30)26-21-27-19(14(2)33-21)15-5-9-17(10-6-15)31-20(23)24/h3-10,12,20H,11H2,1-2H3,(H,26,27,30). The van der Waals surface area contributed by atoms with Gasteiger partial charge in [0.1, 0.15) is 12.1 Å². The number of alkyl halides is 2. The lowest BCUT2D eigenvalue weighted by atomic mass is 10.1. The van der Waals surface area contributed by atoms with Gasteiger partial charge in [-0.1, -0.05) is 29.5 Å². The van der Waals surface area contributed by atoms with Crippen LogP contribution in [0.25, 0.3) is 16.9 Å². The molecule has 0 saturated heterocycles. The van der Waals surface area contributed by atoms with Crippen molar-refractivity contribution in [3.8, 4) is 22.7 Å². The smallest absolute Gasteiger partial charge is 0.387 e. The molecule has 2 heterocycles. The second kappa shape index (κ2) is 10.1. The van der Waals surface area contributed by atoms with Crippen molar-refractivity contribution in [1.29, 1.82) is 0 Å². The molecule has 4 aromatic rings. The quantitative estimate of drug-likeness (QED) is 0.338. The number of aromatic nitrogens is 4. The second-order valence-electron chi connectivity index (χ2n) is 6.98. The predicted molar refractivity (Wildman–Crippen MR) is 124 cm³/mol. The zero-order chi connectivity index (χ0) is 23.4. The number of hydrogen-bond donors (Lipinski definition) is 1. The Morgan fingerprint density at radius 1 is 1.15 bits per heavy atom. The number of anilines is 1. The summed E-state index contributed by atoms with van der Waals surface area (Å²) in [7, 11) is 0. The summed E-state index contributed by atoms with van der Waals surface area (Å²) in [6.07, 6.45) is 1.61. The molecule has 0 radical (unpaired) electrons. The Balaban J connectivity index is 1.38. The highest BCUT2D eigenvalue weighted by atomic mass is 32.2. The number of nitrogens with zero attached hydrogens (tertiary/aromatic N) is 4. The zero-order valence-corrected chi connectivity index (χ0v) is 19.3. The van der Waals surface area contributed by atoms with Gasteiger partial charge in [-0.05, 0) is 50.2 Å². The molecule has 33 heavy (non-hydrogen) atoms. The van der Waals surface area contributed by atoms with Gasteiger partial charge in [0.15, 0.2) is 10.3 Å². The fourth-order valence-electron chi connectivity index (χ4n) is 3.00. The number of ether oxygens (including phenoxy) is 1. The van der Waals surface area contributed by atoms with Crippen LogP contribution in [0.3, 0.4) is 0 Å². The van der Waals surface area contributed by atoms with E-state index in [0.717, 1.165) is 21.7 Å². The topological polar surface area (TPSA) is 81.9 Å². The summed E-state index contributed by atoms with van der Waals surface area (Å²) < 4.78 is 30.8. The molecule has 0 saturated carbocycles. The fraction of sp³-hybridized carbons (Fsp3) is 0.182. The van der Waals surface area contributed by atoms with Crippen molar-refractivity contribution in [2.45, 2.75) is 25.6 Å². The van der Waals surface area contributed by atoms with Crippen LogP contribution in [-0.2, 0) is 4.79 Å². The molecule has 0 aliphatic heterocycles. The molecule has 0 aliphatic carbocycles. The second-order valence-corrected chi connectivity index (χ2v) is 9.13. The average Bonchev–Trinajstić information content (AvgIpc) is 3.39. The van der Waals surface area contributed by atoms with E-state index >= 15 is 0 Å². The molecule has 4 rings (SSSR count). The third kappa shape index (κ3) is 5.74. The van der Waals surface area contributed by atoms with Crippen LogP contribution in [0, 0.1) is 13.8 Å². The van der Waals surface area contributed by atoms with Crippen molar-refractivity contribution >= 4 is 34.1 Å². The number of thiazole rings is 1. The SMILES string of the molecule is Cc1ccc(-n2cnnc2SCC(=O)Nc2nc(-c3ccc(OC(F)F)cc3)c(C)s2)cc1. The van der Waals surface area contributed by atoms with Gasteiger partial charge < -0.3 is 10.1 Å². The third-order valence-corrected chi connectivity index (χ3v) is 6.39. The average molecular weight is 488 g/mol. The van der Waals surface area contributed by atoms with Crippen molar-refractivity contribution in [1.82, 2.24) is 19.7 Å². The first kappa shape index (κ1) is 22.9. The summed E-state index contributed by atoms with van der Waals surface area (Å²) in [6.45, 7) is 1.02. The summed E-state index contributed by atoms with van der Waals surface area (Å²) in [5.41, 5.74) is 3.48. The minimum Gasteiger partial charge on any atom is -0.435 e. The Labute approximate surface area is 196 Å². The first-order valence-corrected chi connectivity index (χ1v) is 11.6. The van der Waals surface area contributed by atoms with E-state index in [1.54, 1.807) is 18.5 Å². The fourth-order valence-corrected chi connectivity index (χ4v) is 4.58. The van der Waals surface area contributed by atoms with Gasteiger partial charge >= 0.3 is 6.61 Å². The van der Waals surface area contributed by atoms with Crippen LogP contribution in [0.1, 0.15) is 10.4 Å². The van der Waals surface area contributed by atoms with Crippen molar-refractivity contribution in [3.63, 3.8) is 0 Å². The number of benzene rings is 2. The molecule has 0 fully saturated rings. The number of halogens is 2. The van der Waals surface area contributed by atoms with Gasteiger partial charge in [-0.25, -0.2) is 4.98 Å². The molecule has 170 valence electrons. The van der Waals surface area contributed by atoms with E-state index in [-0.39, 0.29) is 17.4 Å². The maximum atomic E-state index is 12.5. The molecular weight excluding hydrogens is 468 g/mol. The largest absolute Gasteiger partial charge is 0.435 e. The van der Waals surface area contributed by atoms with Crippen LogP contribution in [0.5, 0.6) is 5.75 Å². The number of carbonyl (C=O) groups excluding carboxylic acids is 1. The molecule has 0 atom stereocenters. The highest BCUT2D eigenvalue weighted by Gasteiger charge is 2.15. The number of carbonyl (C=O) groups is 1. The van der Waals surface area contributed by atoms with Crippen LogP contribution >= 0.6 is 23.1 Å². The Bertz CT molecular complexity index is 1240. The molecule has 7 nitrogen and oxygen atoms in total. The Kier molecular flexibility index (Phi) is 6.99. The summed E-state index contributed by atoms with van der Waals surface area (Å²) >= 11 is 2.61. The minimum absolute atomic E-state index is 0.0747. The molecule has 0 unspecified atom stereocenters. The van der Waals surface area contributed by atoms with Gasteiger partial charge in [0.2, 0.25) is 5.91 Å². The predicted octanol–water partition coefficient (Wildman–Crippen LogP) is 5.34. The maximum Gasteiger partial charge on any atom is 0.387 e. The minimum atomic E-state index is -2.87. The molecule has 2 aromatic carbocycles. The molecule has 1 N–H and O–H groups in total. The molecule has 2 aromatic heterocycles.